The molecule has 2 N–H and O–H groups in total. The molecule has 0 aliphatic carbocycles. The van der Waals surface area contributed by atoms with E-state index in [0.717, 1.165) is 18.4 Å². The molecule has 0 saturated carbocycles. The first kappa shape index (κ1) is 13.5. The van der Waals surface area contributed by atoms with Crippen LogP contribution in [0.1, 0.15) is 30.5 Å². The maximum Gasteiger partial charge on any atom is 0.218 e. The lowest BCUT2D eigenvalue weighted by molar-refractivity contribution is 0.294. The summed E-state index contributed by atoms with van der Waals surface area (Å²) >= 11 is 0. The molecular formula is C15H19N3O. The van der Waals surface area contributed by atoms with Crippen molar-refractivity contribution in [3.63, 3.8) is 0 Å². The first-order chi connectivity index (χ1) is 9.27. The lowest BCUT2D eigenvalue weighted by Gasteiger charge is -2.12. The van der Waals surface area contributed by atoms with Crippen molar-refractivity contribution in [1.29, 1.82) is 0 Å². The smallest absolute Gasteiger partial charge is 0.218 e. The third kappa shape index (κ3) is 4.03. The molecule has 0 bridgehead atoms. The van der Waals surface area contributed by atoms with Gasteiger partial charge in [-0.1, -0.05) is 6.07 Å². The van der Waals surface area contributed by atoms with Gasteiger partial charge >= 0.3 is 0 Å². The fourth-order valence-electron chi connectivity index (χ4n) is 1.86. The molecule has 0 aliphatic rings. The van der Waals surface area contributed by atoms with Crippen molar-refractivity contribution in [3.05, 3.63) is 54.0 Å². The van der Waals surface area contributed by atoms with Crippen LogP contribution in [0.4, 0.5) is 0 Å². The Morgan fingerprint density at radius 1 is 1.21 bits per heavy atom. The van der Waals surface area contributed by atoms with Crippen LogP contribution in [0.2, 0.25) is 0 Å². The van der Waals surface area contributed by atoms with Crippen molar-refractivity contribution >= 4 is 0 Å². The van der Waals surface area contributed by atoms with E-state index in [-0.39, 0.29) is 6.04 Å². The summed E-state index contributed by atoms with van der Waals surface area (Å²) in [6.07, 6.45) is 7.26. The highest BCUT2D eigenvalue weighted by molar-refractivity contribution is 5.28. The minimum Gasteiger partial charge on any atom is -0.477 e. The Balaban J connectivity index is 1.83. The molecule has 100 valence electrons. The number of hydrogen-bond acceptors (Lipinski definition) is 4. The lowest BCUT2D eigenvalue weighted by Crippen LogP contribution is -2.10. The summed E-state index contributed by atoms with van der Waals surface area (Å²) in [7, 11) is 0. The highest BCUT2D eigenvalue weighted by Gasteiger charge is 2.08. The van der Waals surface area contributed by atoms with Crippen LogP contribution in [0.25, 0.3) is 0 Å². The maximum atomic E-state index is 5.88. The average molecular weight is 257 g/mol. The molecule has 2 rings (SSSR count). The van der Waals surface area contributed by atoms with E-state index in [1.54, 1.807) is 6.20 Å². The number of nitrogens with zero attached hydrogens (tertiary/aromatic N) is 2. The first-order valence-electron chi connectivity index (χ1n) is 6.49. The van der Waals surface area contributed by atoms with Gasteiger partial charge in [0.1, 0.15) is 0 Å². The number of nitrogens with two attached hydrogens (primary N) is 1. The monoisotopic (exact) mass is 257 g/mol. The number of pyridine rings is 2. The first-order valence-corrected chi connectivity index (χ1v) is 6.49. The predicted octanol–water partition coefficient (Wildman–Crippen LogP) is 2.51. The zero-order valence-corrected chi connectivity index (χ0v) is 11.1. The molecule has 2 aromatic rings. The van der Waals surface area contributed by atoms with Crippen LogP contribution in [-0.2, 0) is 6.42 Å². The van der Waals surface area contributed by atoms with Gasteiger partial charge in [-0.15, -0.1) is 0 Å². The fourth-order valence-corrected chi connectivity index (χ4v) is 1.86. The van der Waals surface area contributed by atoms with Crippen molar-refractivity contribution in [2.75, 3.05) is 6.61 Å². The SMILES string of the molecule is CC(N)c1cccnc1OCCCc1ccncc1. The summed E-state index contributed by atoms with van der Waals surface area (Å²) in [5, 5.41) is 0. The summed E-state index contributed by atoms with van der Waals surface area (Å²) in [5.41, 5.74) is 8.10. The summed E-state index contributed by atoms with van der Waals surface area (Å²) in [6, 6.07) is 7.81. The van der Waals surface area contributed by atoms with Crippen LogP contribution >= 0.6 is 0 Å². The second kappa shape index (κ2) is 6.85. The molecule has 19 heavy (non-hydrogen) atoms. The Hall–Kier alpha value is -1.94. The average Bonchev–Trinajstić information content (AvgIpc) is 2.45. The van der Waals surface area contributed by atoms with Gasteiger partial charge in [0.05, 0.1) is 6.61 Å². The van der Waals surface area contributed by atoms with Crippen LogP contribution < -0.4 is 10.5 Å². The van der Waals surface area contributed by atoms with Gasteiger partial charge < -0.3 is 10.5 Å². The second-order valence-electron chi connectivity index (χ2n) is 4.49. The van der Waals surface area contributed by atoms with Crippen molar-refractivity contribution < 1.29 is 4.74 Å². The topological polar surface area (TPSA) is 61.0 Å². The number of aromatic nitrogens is 2. The quantitative estimate of drug-likeness (QED) is 0.808. The molecule has 4 heteroatoms. The summed E-state index contributed by atoms with van der Waals surface area (Å²) in [4.78, 5) is 8.23. The summed E-state index contributed by atoms with van der Waals surface area (Å²) in [6.45, 7) is 2.57. The van der Waals surface area contributed by atoms with Crippen molar-refractivity contribution in [1.82, 2.24) is 9.97 Å². The van der Waals surface area contributed by atoms with Crippen LogP contribution in [0.5, 0.6) is 5.88 Å². The maximum absolute atomic E-state index is 5.88. The van der Waals surface area contributed by atoms with Gasteiger partial charge in [-0.2, -0.15) is 0 Å². The molecule has 0 saturated heterocycles. The summed E-state index contributed by atoms with van der Waals surface area (Å²) < 4.78 is 5.71. The summed E-state index contributed by atoms with van der Waals surface area (Å²) in [5.74, 6) is 0.646. The van der Waals surface area contributed by atoms with Crippen molar-refractivity contribution in [2.45, 2.75) is 25.8 Å². The second-order valence-corrected chi connectivity index (χ2v) is 4.49. The third-order valence-corrected chi connectivity index (χ3v) is 2.89. The van der Waals surface area contributed by atoms with E-state index in [0.29, 0.717) is 12.5 Å². The van der Waals surface area contributed by atoms with Crippen LogP contribution in [0, 0.1) is 0 Å². The van der Waals surface area contributed by atoms with Gasteiger partial charge in [-0.3, -0.25) is 4.98 Å². The van der Waals surface area contributed by atoms with Gasteiger partial charge in [-0.05, 0) is 43.5 Å². The Bertz CT molecular complexity index is 500. The van der Waals surface area contributed by atoms with E-state index in [1.165, 1.54) is 5.56 Å². The molecule has 0 aromatic carbocycles. The van der Waals surface area contributed by atoms with Crippen LogP contribution in [0.15, 0.2) is 42.9 Å². The van der Waals surface area contributed by atoms with E-state index < -0.39 is 0 Å². The standard InChI is InChI=1S/C15H19N3O/c1-12(16)14-5-2-8-18-15(14)19-11-3-4-13-6-9-17-10-7-13/h2,5-10,12H,3-4,11,16H2,1H3. The van der Waals surface area contributed by atoms with Gasteiger partial charge in [0.2, 0.25) is 5.88 Å². The molecule has 1 atom stereocenters. The Labute approximate surface area is 113 Å². The van der Waals surface area contributed by atoms with Crippen molar-refractivity contribution in [2.24, 2.45) is 5.73 Å². The van der Waals surface area contributed by atoms with E-state index in [2.05, 4.69) is 9.97 Å². The molecule has 2 heterocycles. The molecule has 1 unspecified atom stereocenters. The number of rotatable bonds is 6. The number of hydrogen-bond donors (Lipinski definition) is 1. The van der Waals surface area contributed by atoms with E-state index in [4.69, 9.17) is 10.5 Å². The molecule has 0 radical (unpaired) electrons. The normalized spacial score (nSPS) is 12.1. The van der Waals surface area contributed by atoms with Gasteiger partial charge in [0, 0.05) is 30.2 Å². The van der Waals surface area contributed by atoms with Crippen LogP contribution in [0.3, 0.4) is 0 Å². The molecule has 0 fully saturated rings. The molecule has 0 spiro atoms. The Kier molecular flexibility index (Phi) is 4.86. The van der Waals surface area contributed by atoms with E-state index in [1.807, 2.05) is 43.6 Å². The van der Waals surface area contributed by atoms with E-state index >= 15 is 0 Å². The minimum atomic E-state index is -0.0658. The molecular weight excluding hydrogens is 238 g/mol. The highest BCUT2D eigenvalue weighted by Crippen LogP contribution is 2.20. The van der Waals surface area contributed by atoms with Crippen molar-refractivity contribution in [3.8, 4) is 5.88 Å². The van der Waals surface area contributed by atoms with Crippen LogP contribution in [-0.4, -0.2) is 16.6 Å². The van der Waals surface area contributed by atoms with Gasteiger partial charge in [0.25, 0.3) is 0 Å². The zero-order chi connectivity index (χ0) is 13.5. The highest BCUT2D eigenvalue weighted by atomic mass is 16.5. The molecule has 0 amide bonds. The fraction of sp³-hybridized carbons (Fsp3) is 0.333. The molecule has 2 aromatic heterocycles. The number of aryl methyl sites for hydroxylation is 1. The predicted molar refractivity (Wildman–Crippen MR) is 74.9 cm³/mol. The zero-order valence-electron chi connectivity index (χ0n) is 11.1. The largest absolute Gasteiger partial charge is 0.477 e. The Morgan fingerprint density at radius 2 is 2.00 bits per heavy atom. The van der Waals surface area contributed by atoms with Gasteiger partial charge in [-0.25, -0.2) is 4.98 Å². The lowest BCUT2D eigenvalue weighted by atomic mass is 10.1. The molecule has 0 aliphatic heterocycles. The van der Waals surface area contributed by atoms with E-state index in [9.17, 15) is 0 Å². The molecule has 4 nitrogen and oxygen atoms in total. The Morgan fingerprint density at radius 3 is 2.74 bits per heavy atom. The number of ether oxygens (including phenoxy) is 1. The van der Waals surface area contributed by atoms with Gasteiger partial charge in [0.15, 0.2) is 0 Å². The minimum absolute atomic E-state index is 0.0658. The third-order valence-electron chi connectivity index (χ3n) is 2.89.